The number of alkyl halides is 3. The van der Waals surface area contributed by atoms with E-state index in [1.54, 1.807) is 6.07 Å². The van der Waals surface area contributed by atoms with E-state index in [0.717, 1.165) is 42.4 Å². The van der Waals surface area contributed by atoms with Gasteiger partial charge in [-0.3, -0.25) is 9.20 Å². The third-order valence-corrected chi connectivity index (χ3v) is 8.27. The zero-order chi connectivity index (χ0) is 25.6. The number of nitrogens with zero attached hydrogens (tertiary/aromatic N) is 5. The second-order valence-electron chi connectivity index (χ2n) is 11.0. The van der Waals surface area contributed by atoms with Gasteiger partial charge in [0.1, 0.15) is 11.6 Å². The van der Waals surface area contributed by atoms with E-state index in [0.29, 0.717) is 36.2 Å². The van der Waals surface area contributed by atoms with Crippen LogP contribution in [0.3, 0.4) is 0 Å². The number of hydrogen-bond acceptors (Lipinski definition) is 5. The second kappa shape index (κ2) is 7.66. The van der Waals surface area contributed by atoms with Gasteiger partial charge in [0.15, 0.2) is 0 Å². The topological polar surface area (TPSA) is 75.4 Å². The lowest BCUT2D eigenvalue weighted by Gasteiger charge is -2.61. The Balaban J connectivity index is 1.38. The lowest BCUT2D eigenvalue weighted by molar-refractivity contribution is -0.177. The predicted molar refractivity (Wildman–Crippen MR) is 127 cm³/mol. The molecule has 3 heterocycles. The molecule has 0 spiro atoms. The SMILES string of the molecule is Cc1c([C@@H](C)Nc2nc3nnc(C(C)C)n3c3c2CN(C(=O)C24CC(C2)C4)C3)cccc1C(F)(F)F. The highest BCUT2D eigenvalue weighted by atomic mass is 19.4. The lowest BCUT2D eigenvalue weighted by Crippen LogP contribution is -2.60. The van der Waals surface area contributed by atoms with Crippen molar-refractivity contribution >= 4 is 17.5 Å². The molecule has 1 amide bonds. The minimum atomic E-state index is -4.42. The second-order valence-corrected chi connectivity index (χ2v) is 11.0. The van der Waals surface area contributed by atoms with E-state index in [2.05, 4.69) is 15.5 Å². The minimum Gasteiger partial charge on any atom is -0.363 e. The molecule has 3 aromatic rings. The summed E-state index contributed by atoms with van der Waals surface area (Å²) in [5, 5.41) is 12.0. The highest BCUT2D eigenvalue weighted by molar-refractivity contribution is 5.86. The third-order valence-electron chi connectivity index (χ3n) is 8.27. The molecule has 1 aromatic carbocycles. The molecule has 36 heavy (non-hydrogen) atoms. The molecule has 3 aliphatic carbocycles. The number of carbonyl (C=O) groups is 1. The number of aromatic nitrogens is 4. The van der Waals surface area contributed by atoms with Gasteiger partial charge in [0.05, 0.1) is 35.8 Å². The molecule has 0 radical (unpaired) electrons. The molecule has 10 heteroatoms. The summed E-state index contributed by atoms with van der Waals surface area (Å²) in [7, 11) is 0. The number of halogens is 3. The molecule has 3 saturated carbocycles. The standard InChI is InChI=1S/C26H29F3N6O/c1-13(2)22-32-33-24-31-21(30-15(4)17-6-5-7-19(14(17)3)26(27,28)29)18-11-34(12-20(18)35(22)24)23(36)25-8-16(9-25)10-25/h5-7,13,15-16H,8-12H2,1-4H3,(H,30,31,33)/t15-,16?,25?/m1/s1. The summed E-state index contributed by atoms with van der Waals surface area (Å²) in [6, 6.07) is 3.79. The van der Waals surface area contributed by atoms with Crippen molar-refractivity contribution in [2.75, 3.05) is 5.32 Å². The average Bonchev–Trinajstić information content (AvgIpc) is 3.35. The van der Waals surface area contributed by atoms with Gasteiger partial charge < -0.3 is 10.2 Å². The van der Waals surface area contributed by atoms with Crippen molar-refractivity contribution < 1.29 is 18.0 Å². The van der Waals surface area contributed by atoms with Crippen LogP contribution in [0.1, 0.15) is 85.8 Å². The summed E-state index contributed by atoms with van der Waals surface area (Å²) < 4.78 is 42.5. The summed E-state index contributed by atoms with van der Waals surface area (Å²) in [6.07, 6.45) is -1.48. The van der Waals surface area contributed by atoms with Crippen LogP contribution in [0.5, 0.6) is 0 Å². The van der Waals surface area contributed by atoms with Gasteiger partial charge in [-0.25, -0.2) is 0 Å². The molecule has 7 nitrogen and oxygen atoms in total. The summed E-state index contributed by atoms with van der Waals surface area (Å²) in [5.74, 6) is 2.75. The normalized spacial score (nSPS) is 23.4. The Hall–Kier alpha value is -3.17. The van der Waals surface area contributed by atoms with Gasteiger partial charge in [0.2, 0.25) is 5.91 Å². The first kappa shape index (κ1) is 23.2. The molecular formula is C26H29F3N6O. The van der Waals surface area contributed by atoms with Crippen molar-refractivity contribution in [3.05, 3.63) is 52.0 Å². The van der Waals surface area contributed by atoms with Gasteiger partial charge in [0.25, 0.3) is 5.78 Å². The smallest absolute Gasteiger partial charge is 0.363 e. The van der Waals surface area contributed by atoms with E-state index in [4.69, 9.17) is 4.98 Å². The van der Waals surface area contributed by atoms with Crippen LogP contribution in [-0.4, -0.2) is 30.4 Å². The molecule has 2 bridgehead atoms. The number of benzene rings is 1. The summed E-state index contributed by atoms with van der Waals surface area (Å²) >= 11 is 0. The van der Waals surface area contributed by atoms with E-state index in [9.17, 15) is 18.0 Å². The maximum Gasteiger partial charge on any atom is 0.416 e. The van der Waals surface area contributed by atoms with Crippen molar-refractivity contribution in [3.8, 4) is 0 Å². The molecular weight excluding hydrogens is 469 g/mol. The molecule has 2 aromatic heterocycles. The van der Waals surface area contributed by atoms with Crippen LogP contribution >= 0.6 is 0 Å². The fraction of sp³-hybridized carbons (Fsp3) is 0.538. The lowest BCUT2D eigenvalue weighted by atomic mass is 9.44. The first-order chi connectivity index (χ1) is 17.0. The molecule has 3 fully saturated rings. The number of carbonyl (C=O) groups excluding carboxylic acids is 1. The number of rotatable bonds is 5. The summed E-state index contributed by atoms with van der Waals surface area (Å²) in [6.45, 7) is 8.25. The third kappa shape index (κ3) is 3.33. The zero-order valence-corrected chi connectivity index (χ0v) is 20.8. The Morgan fingerprint density at radius 1 is 1.14 bits per heavy atom. The van der Waals surface area contributed by atoms with E-state index in [1.807, 2.05) is 30.1 Å². The van der Waals surface area contributed by atoms with Gasteiger partial charge in [-0.05, 0) is 56.2 Å². The van der Waals surface area contributed by atoms with E-state index < -0.39 is 17.8 Å². The van der Waals surface area contributed by atoms with Crippen molar-refractivity contribution in [1.29, 1.82) is 0 Å². The molecule has 190 valence electrons. The number of fused-ring (bicyclic) bond motifs is 3. The molecule has 1 aliphatic heterocycles. The van der Waals surface area contributed by atoms with Crippen molar-refractivity contribution in [2.24, 2.45) is 11.3 Å². The largest absolute Gasteiger partial charge is 0.416 e. The van der Waals surface area contributed by atoms with E-state index >= 15 is 0 Å². The van der Waals surface area contributed by atoms with Crippen molar-refractivity contribution in [1.82, 2.24) is 24.5 Å². The van der Waals surface area contributed by atoms with Crippen LogP contribution in [-0.2, 0) is 24.1 Å². The Bertz CT molecular complexity index is 1380. The van der Waals surface area contributed by atoms with Gasteiger partial charge in [0, 0.05) is 11.5 Å². The Morgan fingerprint density at radius 3 is 2.47 bits per heavy atom. The van der Waals surface area contributed by atoms with Crippen molar-refractivity contribution in [2.45, 2.75) is 78.2 Å². The van der Waals surface area contributed by atoms with E-state index in [1.165, 1.54) is 13.0 Å². The first-order valence-corrected chi connectivity index (χ1v) is 12.5. The highest BCUT2D eigenvalue weighted by Crippen LogP contribution is 2.65. The molecule has 1 N–H and O–H groups in total. The van der Waals surface area contributed by atoms with Gasteiger partial charge in [-0.2, -0.15) is 18.2 Å². The van der Waals surface area contributed by atoms with Crippen molar-refractivity contribution in [3.63, 3.8) is 0 Å². The fourth-order valence-corrected chi connectivity index (χ4v) is 6.24. The van der Waals surface area contributed by atoms with Gasteiger partial charge in [-0.1, -0.05) is 26.0 Å². The van der Waals surface area contributed by atoms with Gasteiger partial charge >= 0.3 is 6.18 Å². The van der Waals surface area contributed by atoms with Crippen LogP contribution in [0.2, 0.25) is 0 Å². The van der Waals surface area contributed by atoms with Gasteiger partial charge in [-0.15, -0.1) is 10.2 Å². The average molecular weight is 499 g/mol. The first-order valence-electron chi connectivity index (χ1n) is 12.5. The monoisotopic (exact) mass is 498 g/mol. The maximum atomic E-state index is 13.5. The predicted octanol–water partition coefficient (Wildman–Crippen LogP) is 5.39. The number of anilines is 1. The van der Waals surface area contributed by atoms with Crippen LogP contribution in [0.25, 0.3) is 5.78 Å². The number of amides is 1. The Labute approximate surface area is 207 Å². The number of hydrogen-bond donors (Lipinski definition) is 1. The molecule has 4 aliphatic rings. The van der Waals surface area contributed by atoms with Crippen LogP contribution in [0.15, 0.2) is 18.2 Å². The maximum absolute atomic E-state index is 13.5. The number of nitrogens with one attached hydrogen (secondary N) is 1. The molecule has 1 atom stereocenters. The van der Waals surface area contributed by atoms with Crippen LogP contribution in [0, 0.1) is 18.3 Å². The fourth-order valence-electron chi connectivity index (χ4n) is 6.24. The summed E-state index contributed by atoms with van der Waals surface area (Å²) in [5.41, 5.74) is 1.70. The molecule has 0 unspecified atom stereocenters. The Morgan fingerprint density at radius 2 is 1.86 bits per heavy atom. The zero-order valence-electron chi connectivity index (χ0n) is 20.8. The van der Waals surface area contributed by atoms with Crippen LogP contribution < -0.4 is 5.32 Å². The van der Waals surface area contributed by atoms with E-state index in [-0.39, 0.29) is 22.8 Å². The highest BCUT2D eigenvalue weighted by Gasteiger charge is 2.62. The minimum absolute atomic E-state index is 0.110. The molecule has 0 saturated heterocycles. The van der Waals surface area contributed by atoms with Crippen LogP contribution in [0.4, 0.5) is 19.0 Å². The molecule has 7 rings (SSSR count). The Kier molecular flexibility index (Phi) is 4.95. The quantitative estimate of drug-likeness (QED) is 0.511. The summed E-state index contributed by atoms with van der Waals surface area (Å²) in [4.78, 5) is 20.1.